The van der Waals surface area contributed by atoms with E-state index in [9.17, 15) is 13.2 Å². The van der Waals surface area contributed by atoms with Crippen LogP contribution < -0.4 is 10.0 Å². The summed E-state index contributed by atoms with van der Waals surface area (Å²) in [7, 11) is -3.64. The summed E-state index contributed by atoms with van der Waals surface area (Å²) in [6.45, 7) is 1.75. The molecule has 0 aliphatic rings. The van der Waals surface area contributed by atoms with E-state index >= 15 is 0 Å². The third-order valence-corrected chi connectivity index (χ3v) is 6.60. The third kappa shape index (κ3) is 4.05. The fourth-order valence-corrected chi connectivity index (χ4v) is 4.97. The topological polar surface area (TPSA) is 75.3 Å². The lowest BCUT2D eigenvalue weighted by Gasteiger charge is -2.09. The molecule has 0 saturated heterocycles. The number of benzene rings is 1. The van der Waals surface area contributed by atoms with E-state index in [-0.39, 0.29) is 10.1 Å². The third-order valence-electron chi connectivity index (χ3n) is 2.55. The van der Waals surface area contributed by atoms with E-state index in [1.165, 1.54) is 0 Å². The fraction of sp³-hybridized carbons (Fsp3) is 0.154. The molecule has 0 saturated carbocycles. The van der Waals surface area contributed by atoms with Crippen molar-refractivity contribution in [3.05, 3.63) is 40.2 Å². The Hall–Kier alpha value is -1.38. The van der Waals surface area contributed by atoms with Crippen LogP contribution >= 0.6 is 27.3 Å². The number of rotatable bonds is 5. The maximum absolute atomic E-state index is 12.3. The Morgan fingerprint density at radius 3 is 2.62 bits per heavy atom. The van der Waals surface area contributed by atoms with Gasteiger partial charge in [0.05, 0.1) is 5.69 Å². The van der Waals surface area contributed by atoms with Crippen molar-refractivity contribution in [1.82, 2.24) is 0 Å². The summed E-state index contributed by atoms with van der Waals surface area (Å²) in [5, 5.41) is 4.37. The first-order valence-corrected chi connectivity index (χ1v) is 9.23. The molecular weight excluding hydrogens is 376 g/mol. The maximum atomic E-state index is 12.3. The van der Waals surface area contributed by atoms with Crippen LogP contribution in [0.25, 0.3) is 0 Å². The van der Waals surface area contributed by atoms with Crippen molar-refractivity contribution in [3.8, 4) is 0 Å². The summed E-state index contributed by atoms with van der Waals surface area (Å²) in [5.41, 5.74) is 0.941. The van der Waals surface area contributed by atoms with Gasteiger partial charge in [-0.2, -0.15) is 0 Å². The lowest BCUT2D eigenvalue weighted by Crippen LogP contribution is -2.13. The Morgan fingerprint density at radius 1 is 1.29 bits per heavy atom. The predicted octanol–water partition coefficient (Wildman–Crippen LogP) is 3.66. The van der Waals surface area contributed by atoms with Gasteiger partial charge in [0.2, 0.25) is 5.91 Å². The van der Waals surface area contributed by atoms with Crippen molar-refractivity contribution in [2.45, 2.75) is 17.6 Å². The van der Waals surface area contributed by atoms with E-state index in [1.807, 2.05) is 0 Å². The Kier molecular flexibility index (Phi) is 5.02. The molecule has 0 unspecified atom stereocenters. The highest BCUT2D eigenvalue weighted by atomic mass is 79.9. The summed E-state index contributed by atoms with van der Waals surface area (Å²) in [6, 6.07) is 8.25. The number of anilines is 2. The number of hydrogen-bond donors (Lipinski definition) is 2. The van der Waals surface area contributed by atoms with Crippen LogP contribution in [0.5, 0.6) is 0 Å². The molecule has 8 heteroatoms. The Labute approximate surface area is 135 Å². The Balaban J connectivity index is 2.22. The molecule has 0 atom stereocenters. The molecule has 0 aliphatic heterocycles. The van der Waals surface area contributed by atoms with Gasteiger partial charge in [0, 0.05) is 16.6 Å². The second-order valence-electron chi connectivity index (χ2n) is 4.14. The van der Waals surface area contributed by atoms with Crippen LogP contribution in [-0.4, -0.2) is 14.3 Å². The van der Waals surface area contributed by atoms with Crippen molar-refractivity contribution in [2.24, 2.45) is 0 Å². The molecule has 0 spiro atoms. The molecule has 1 heterocycles. The molecule has 2 rings (SSSR count). The molecule has 112 valence electrons. The van der Waals surface area contributed by atoms with Gasteiger partial charge in [-0.05, 0) is 45.6 Å². The second kappa shape index (κ2) is 6.59. The van der Waals surface area contributed by atoms with E-state index in [4.69, 9.17) is 0 Å². The van der Waals surface area contributed by atoms with Gasteiger partial charge in [0.15, 0.2) is 4.21 Å². The largest absolute Gasteiger partial charge is 0.326 e. The number of sulfonamides is 1. The molecule has 1 aromatic heterocycles. The first kappa shape index (κ1) is 16.0. The van der Waals surface area contributed by atoms with Crippen molar-refractivity contribution in [1.29, 1.82) is 0 Å². The molecule has 0 fully saturated rings. The van der Waals surface area contributed by atoms with Crippen LogP contribution in [-0.2, 0) is 14.8 Å². The number of carbonyl (C=O) groups is 1. The fourth-order valence-electron chi connectivity index (χ4n) is 1.58. The molecule has 1 amide bonds. The smallest absolute Gasteiger partial charge is 0.272 e. The molecule has 21 heavy (non-hydrogen) atoms. The molecule has 0 radical (unpaired) electrons. The summed E-state index contributed by atoms with van der Waals surface area (Å²) < 4.78 is 27.7. The van der Waals surface area contributed by atoms with Crippen molar-refractivity contribution in [3.63, 3.8) is 0 Å². The molecule has 5 nitrogen and oxygen atoms in total. The molecule has 0 bridgehead atoms. The normalized spacial score (nSPS) is 11.1. The monoisotopic (exact) mass is 388 g/mol. The minimum absolute atomic E-state index is 0.129. The van der Waals surface area contributed by atoms with Gasteiger partial charge >= 0.3 is 0 Å². The van der Waals surface area contributed by atoms with Crippen LogP contribution in [0.1, 0.15) is 13.3 Å². The SMILES string of the molecule is CCC(=O)Nc1cccc(NS(=O)(=O)c2sccc2Br)c1. The van der Waals surface area contributed by atoms with Gasteiger partial charge in [0.25, 0.3) is 10.0 Å². The van der Waals surface area contributed by atoms with Gasteiger partial charge in [-0.1, -0.05) is 13.0 Å². The van der Waals surface area contributed by atoms with Crippen molar-refractivity contribution >= 4 is 54.6 Å². The summed E-state index contributed by atoms with van der Waals surface area (Å²) >= 11 is 4.33. The number of carbonyl (C=O) groups excluding carboxylic acids is 1. The first-order chi connectivity index (χ1) is 9.92. The molecular formula is C13H13BrN2O3S2. The zero-order valence-electron chi connectivity index (χ0n) is 11.1. The summed E-state index contributed by atoms with van der Waals surface area (Å²) in [5.74, 6) is -0.129. The average molecular weight is 389 g/mol. The zero-order chi connectivity index (χ0) is 15.5. The molecule has 0 aliphatic carbocycles. The molecule has 2 N–H and O–H groups in total. The lowest BCUT2D eigenvalue weighted by atomic mass is 10.3. The van der Waals surface area contributed by atoms with E-state index in [0.29, 0.717) is 22.3 Å². The lowest BCUT2D eigenvalue weighted by molar-refractivity contribution is -0.115. The van der Waals surface area contributed by atoms with Gasteiger partial charge < -0.3 is 5.32 Å². The number of amides is 1. The zero-order valence-corrected chi connectivity index (χ0v) is 14.3. The van der Waals surface area contributed by atoms with Crippen LogP contribution in [0.2, 0.25) is 0 Å². The van der Waals surface area contributed by atoms with E-state index in [2.05, 4.69) is 26.0 Å². The van der Waals surface area contributed by atoms with Crippen LogP contribution in [0, 0.1) is 0 Å². The molecule has 1 aromatic carbocycles. The highest BCUT2D eigenvalue weighted by molar-refractivity contribution is 9.10. The second-order valence-corrected chi connectivity index (χ2v) is 7.79. The van der Waals surface area contributed by atoms with Crippen LogP contribution in [0.3, 0.4) is 0 Å². The molecule has 2 aromatic rings. The van der Waals surface area contributed by atoms with E-state index in [0.717, 1.165) is 11.3 Å². The van der Waals surface area contributed by atoms with Gasteiger partial charge in [-0.25, -0.2) is 8.42 Å². The Bertz CT molecular complexity index is 756. The summed E-state index contributed by atoms with van der Waals surface area (Å²) in [6.07, 6.45) is 0.359. The standard InChI is InChI=1S/C13H13BrN2O3S2/c1-2-12(17)15-9-4-3-5-10(8-9)16-21(18,19)13-11(14)6-7-20-13/h3-8,16H,2H2,1H3,(H,15,17). The van der Waals surface area contributed by atoms with Gasteiger partial charge in [-0.15, -0.1) is 11.3 Å². The first-order valence-electron chi connectivity index (χ1n) is 6.08. The van der Waals surface area contributed by atoms with Crippen LogP contribution in [0.15, 0.2) is 44.4 Å². The minimum atomic E-state index is -3.64. The van der Waals surface area contributed by atoms with Gasteiger partial charge in [-0.3, -0.25) is 9.52 Å². The Morgan fingerprint density at radius 2 is 2.00 bits per heavy atom. The highest BCUT2D eigenvalue weighted by Gasteiger charge is 2.19. The number of nitrogens with one attached hydrogen (secondary N) is 2. The van der Waals surface area contributed by atoms with E-state index < -0.39 is 10.0 Å². The van der Waals surface area contributed by atoms with Crippen molar-refractivity contribution in [2.75, 3.05) is 10.0 Å². The quantitative estimate of drug-likeness (QED) is 0.820. The highest BCUT2D eigenvalue weighted by Crippen LogP contribution is 2.29. The minimum Gasteiger partial charge on any atom is -0.326 e. The summed E-state index contributed by atoms with van der Waals surface area (Å²) in [4.78, 5) is 11.4. The number of halogens is 1. The van der Waals surface area contributed by atoms with Crippen molar-refractivity contribution < 1.29 is 13.2 Å². The van der Waals surface area contributed by atoms with E-state index in [1.54, 1.807) is 42.6 Å². The average Bonchev–Trinajstić information content (AvgIpc) is 2.85. The number of hydrogen-bond acceptors (Lipinski definition) is 4. The van der Waals surface area contributed by atoms with Gasteiger partial charge in [0.1, 0.15) is 0 Å². The van der Waals surface area contributed by atoms with Crippen LogP contribution in [0.4, 0.5) is 11.4 Å². The predicted molar refractivity (Wildman–Crippen MR) is 88.2 cm³/mol. The number of thiophene rings is 1. The maximum Gasteiger partial charge on any atom is 0.272 e.